The number of benzene rings is 2. The predicted molar refractivity (Wildman–Crippen MR) is 108 cm³/mol. The molecule has 1 aromatic heterocycles. The van der Waals surface area contributed by atoms with Crippen molar-refractivity contribution in [1.82, 2.24) is 10.3 Å². The van der Waals surface area contributed by atoms with Gasteiger partial charge in [0, 0.05) is 35.6 Å². The zero-order valence-electron chi connectivity index (χ0n) is 15.7. The molecule has 0 aliphatic heterocycles. The van der Waals surface area contributed by atoms with Gasteiger partial charge in [-0.3, -0.25) is 9.59 Å². The lowest BCUT2D eigenvalue weighted by atomic mass is 10.0. The van der Waals surface area contributed by atoms with E-state index in [4.69, 9.17) is 0 Å². The summed E-state index contributed by atoms with van der Waals surface area (Å²) < 4.78 is 0. The maximum atomic E-state index is 12.9. The Bertz CT molecular complexity index is 915. The molecule has 1 heterocycles. The number of para-hydroxylation sites is 2. The highest BCUT2D eigenvalue weighted by Crippen LogP contribution is 2.20. The van der Waals surface area contributed by atoms with Gasteiger partial charge in [-0.1, -0.05) is 50.2 Å². The molecular weight excluding hydrogens is 338 g/mol. The summed E-state index contributed by atoms with van der Waals surface area (Å²) in [5.41, 5.74) is 2.73. The van der Waals surface area contributed by atoms with Gasteiger partial charge in [-0.15, -0.1) is 0 Å². The second-order valence-electron chi connectivity index (χ2n) is 7.14. The monoisotopic (exact) mass is 363 g/mol. The zero-order valence-corrected chi connectivity index (χ0v) is 15.7. The summed E-state index contributed by atoms with van der Waals surface area (Å²) in [4.78, 5) is 28.4. The lowest BCUT2D eigenvalue weighted by molar-refractivity contribution is -0.127. The van der Waals surface area contributed by atoms with E-state index < -0.39 is 6.04 Å². The van der Waals surface area contributed by atoms with Crippen molar-refractivity contribution in [3.8, 4) is 0 Å². The summed E-state index contributed by atoms with van der Waals surface area (Å²) in [6.07, 6.45) is 2.72. The van der Waals surface area contributed by atoms with Crippen molar-refractivity contribution in [3.63, 3.8) is 0 Å². The van der Waals surface area contributed by atoms with Gasteiger partial charge in [-0.25, -0.2) is 0 Å². The van der Waals surface area contributed by atoms with Crippen LogP contribution in [0.15, 0.2) is 60.8 Å². The van der Waals surface area contributed by atoms with Gasteiger partial charge in [-0.2, -0.15) is 0 Å². The van der Waals surface area contributed by atoms with Crippen molar-refractivity contribution in [3.05, 3.63) is 66.4 Å². The van der Waals surface area contributed by atoms with E-state index in [1.807, 2.05) is 74.6 Å². The molecular formula is C22H25N3O2. The number of fused-ring (bicyclic) bond motifs is 1. The number of rotatable bonds is 7. The number of hydrogen-bond donors (Lipinski definition) is 3. The fraction of sp³-hybridized carbons (Fsp3) is 0.273. The highest BCUT2D eigenvalue weighted by Gasteiger charge is 2.23. The van der Waals surface area contributed by atoms with Gasteiger partial charge in [0.1, 0.15) is 6.04 Å². The number of H-pyrrole nitrogens is 1. The SMILES string of the molecule is CC(C)CC(=O)N[C@@H](Cc1c[nH]c2ccccc12)C(=O)Nc1ccccc1. The van der Waals surface area contributed by atoms with Gasteiger partial charge >= 0.3 is 0 Å². The molecule has 3 rings (SSSR count). The number of carbonyl (C=O) groups is 2. The standard InChI is InChI=1S/C22H25N3O2/c1-15(2)12-21(26)25-20(22(27)24-17-8-4-3-5-9-17)13-16-14-23-19-11-7-6-10-18(16)19/h3-11,14-15,20,23H,12-13H2,1-2H3,(H,24,27)(H,25,26)/t20-/m0/s1. The molecule has 5 nitrogen and oxygen atoms in total. The summed E-state index contributed by atoms with van der Waals surface area (Å²) in [6.45, 7) is 3.97. The molecule has 3 aromatic rings. The van der Waals surface area contributed by atoms with Crippen molar-refractivity contribution in [2.24, 2.45) is 5.92 Å². The molecule has 0 unspecified atom stereocenters. The van der Waals surface area contributed by atoms with Crippen LogP contribution in [0.2, 0.25) is 0 Å². The van der Waals surface area contributed by atoms with E-state index in [-0.39, 0.29) is 17.7 Å². The van der Waals surface area contributed by atoms with Crippen LogP contribution >= 0.6 is 0 Å². The number of carbonyl (C=O) groups excluding carboxylic acids is 2. The number of anilines is 1. The molecule has 27 heavy (non-hydrogen) atoms. The van der Waals surface area contributed by atoms with Crippen LogP contribution in [-0.2, 0) is 16.0 Å². The third-order valence-corrected chi connectivity index (χ3v) is 4.39. The third-order valence-electron chi connectivity index (χ3n) is 4.39. The topological polar surface area (TPSA) is 74.0 Å². The Morgan fingerprint density at radius 2 is 1.70 bits per heavy atom. The van der Waals surface area contributed by atoms with E-state index in [1.165, 1.54) is 0 Å². The van der Waals surface area contributed by atoms with E-state index in [2.05, 4.69) is 15.6 Å². The van der Waals surface area contributed by atoms with Crippen molar-refractivity contribution in [1.29, 1.82) is 0 Å². The number of nitrogens with one attached hydrogen (secondary N) is 3. The van der Waals surface area contributed by atoms with E-state index in [0.29, 0.717) is 18.5 Å². The van der Waals surface area contributed by atoms with Gasteiger partial charge in [0.25, 0.3) is 0 Å². The van der Waals surface area contributed by atoms with E-state index in [1.54, 1.807) is 0 Å². The van der Waals surface area contributed by atoms with Crippen LogP contribution in [0.3, 0.4) is 0 Å². The van der Waals surface area contributed by atoms with Crippen molar-refractivity contribution < 1.29 is 9.59 Å². The van der Waals surface area contributed by atoms with Gasteiger partial charge in [0.05, 0.1) is 0 Å². The largest absolute Gasteiger partial charge is 0.361 e. The summed E-state index contributed by atoms with van der Waals surface area (Å²) in [5.74, 6) is -0.0995. The molecule has 0 aliphatic carbocycles. The maximum absolute atomic E-state index is 12.9. The Kier molecular flexibility index (Phi) is 5.91. The molecule has 0 aliphatic rings. The van der Waals surface area contributed by atoms with Gasteiger partial charge in [0.2, 0.25) is 11.8 Å². The fourth-order valence-corrected chi connectivity index (χ4v) is 3.10. The Labute approximate surface area is 159 Å². The van der Waals surface area contributed by atoms with Crippen molar-refractivity contribution in [2.45, 2.75) is 32.7 Å². The number of aromatic amines is 1. The zero-order chi connectivity index (χ0) is 19.2. The Hall–Kier alpha value is -3.08. The minimum atomic E-state index is -0.643. The van der Waals surface area contributed by atoms with Crippen LogP contribution in [0, 0.1) is 5.92 Å². The molecule has 3 N–H and O–H groups in total. The van der Waals surface area contributed by atoms with E-state index >= 15 is 0 Å². The highest BCUT2D eigenvalue weighted by atomic mass is 16.2. The van der Waals surface area contributed by atoms with E-state index in [0.717, 1.165) is 16.5 Å². The molecule has 2 amide bonds. The van der Waals surface area contributed by atoms with Crippen LogP contribution in [0.5, 0.6) is 0 Å². The molecule has 0 fully saturated rings. The molecule has 1 atom stereocenters. The quantitative estimate of drug-likeness (QED) is 0.596. The minimum absolute atomic E-state index is 0.113. The van der Waals surface area contributed by atoms with Crippen LogP contribution in [0.25, 0.3) is 10.9 Å². The molecule has 5 heteroatoms. The summed E-state index contributed by atoms with van der Waals surface area (Å²) >= 11 is 0. The first-order chi connectivity index (χ1) is 13.0. The highest BCUT2D eigenvalue weighted by molar-refractivity contribution is 5.98. The summed E-state index contributed by atoms with van der Waals surface area (Å²) in [6, 6.07) is 16.6. The first-order valence-corrected chi connectivity index (χ1v) is 9.23. The van der Waals surface area contributed by atoms with Crippen LogP contribution in [0.1, 0.15) is 25.8 Å². The second kappa shape index (κ2) is 8.54. The second-order valence-corrected chi connectivity index (χ2v) is 7.14. The Morgan fingerprint density at radius 1 is 1.00 bits per heavy atom. The van der Waals surface area contributed by atoms with Gasteiger partial charge in [0.15, 0.2) is 0 Å². The first-order valence-electron chi connectivity index (χ1n) is 9.23. The third kappa shape index (κ3) is 4.97. The number of aromatic nitrogens is 1. The van der Waals surface area contributed by atoms with Crippen LogP contribution in [-0.4, -0.2) is 22.8 Å². The summed E-state index contributed by atoms with van der Waals surface area (Å²) in [7, 11) is 0. The lowest BCUT2D eigenvalue weighted by Crippen LogP contribution is -2.45. The fourth-order valence-electron chi connectivity index (χ4n) is 3.10. The van der Waals surface area contributed by atoms with Crippen molar-refractivity contribution >= 4 is 28.4 Å². The average Bonchev–Trinajstić information content (AvgIpc) is 3.04. The smallest absolute Gasteiger partial charge is 0.247 e. The van der Waals surface area contributed by atoms with Gasteiger partial charge in [-0.05, 0) is 29.7 Å². The van der Waals surface area contributed by atoms with Crippen molar-refractivity contribution in [2.75, 3.05) is 5.32 Å². The first kappa shape index (κ1) is 18.7. The molecule has 0 saturated carbocycles. The van der Waals surface area contributed by atoms with Crippen LogP contribution < -0.4 is 10.6 Å². The molecule has 0 radical (unpaired) electrons. The predicted octanol–water partition coefficient (Wildman–Crippen LogP) is 3.88. The lowest BCUT2D eigenvalue weighted by Gasteiger charge is -2.19. The summed E-state index contributed by atoms with van der Waals surface area (Å²) in [5, 5.41) is 6.87. The molecule has 0 bridgehead atoms. The number of hydrogen-bond acceptors (Lipinski definition) is 2. The van der Waals surface area contributed by atoms with E-state index in [9.17, 15) is 9.59 Å². The number of amides is 2. The molecule has 0 spiro atoms. The maximum Gasteiger partial charge on any atom is 0.247 e. The molecule has 140 valence electrons. The molecule has 0 saturated heterocycles. The minimum Gasteiger partial charge on any atom is -0.361 e. The average molecular weight is 363 g/mol. The Balaban J connectivity index is 1.80. The van der Waals surface area contributed by atoms with Gasteiger partial charge < -0.3 is 15.6 Å². The molecule has 2 aromatic carbocycles. The Morgan fingerprint density at radius 3 is 2.44 bits per heavy atom. The van der Waals surface area contributed by atoms with Crippen LogP contribution in [0.4, 0.5) is 5.69 Å². The normalized spacial score (nSPS) is 12.1.